The van der Waals surface area contributed by atoms with E-state index in [0.717, 1.165) is 36.6 Å². The van der Waals surface area contributed by atoms with E-state index < -0.39 is 17.4 Å². The van der Waals surface area contributed by atoms with Crippen molar-refractivity contribution in [1.82, 2.24) is 15.6 Å². The average molecular weight is 375 g/mol. The van der Waals surface area contributed by atoms with Gasteiger partial charge in [-0.15, -0.1) is 0 Å². The fraction of sp³-hybridized carbons (Fsp3) is 0.526. The Bertz CT molecular complexity index is 755. The standard InChI is InChI=1S/C19H26N4O2S/c1-19(2,3)22-17(25)16(24)20-12-13-8-10-23(11-9-13)18-21-14-6-4-5-7-15(14)26-18/h4-7,13H,8-12H2,1-3H3,(H,20,24)(H,22,25). The van der Waals surface area contributed by atoms with Crippen LogP contribution in [0.3, 0.4) is 0 Å². The van der Waals surface area contributed by atoms with Crippen molar-refractivity contribution in [2.24, 2.45) is 5.92 Å². The van der Waals surface area contributed by atoms with Gasteiger partial charge in [-0.05, 0) is 51.7 Å². The summed E-state index contributed by atoms with van der Waals surface area (Å²) in [5.74, 6) is -0.718. The molecule has 0 atom stereocenters. The minimum atomic E-state index is -0.565. The van der Waals surface area contributed by atoms with Crippen LogP contribution >= 0.6 is 11.3 Å². The number of para-hydroxylation sites is 1. The zero-order chi connectivity index (χ0) is 18.7. The summed E-state index contributed by atoms with van der Waals surface area (Å²) >= 11 is 1.72. The van der Waals surface area contributed by atoms with Crippen LogP contribution in [0.25, 0.3) is 10.2 Å². The van der Waals surface area contributed by atoms with Crippen molar-refractivity contribution in [3.63, 3.8) is 0 Å². The lowest BCUT2D eigenvalue weighted by molar-refractivity contribution is -0.140. The summed E-state index contributed by atoms with van der Waals surface area (Å²) < 4.78 is 1.21. The van der Waals surface area contributed by atoms with Gasteiger partial charge in [-0.1, -0.05) is 23.5 Å². The maximum atomic E-state index is 11.9. The first-order valence-corrected chi connectivity index (χ1v) is 9.84. The largest absolute Gasteiger partial charge is 0.348 e. The Labute approximate surface area is 158 Å². The first kappa shape index (κ1) is 18.6. The van der Waals surface area contributed by atoms with Crippen LogP contribution in [0.1, 0.15) is 33.6 Å². The summed E-state index contributed by atoms with van der Waals surface area (Å²) in [6, 6.07) is 8.19. The topological polar surface area (TPSA) is 74.3 Å². The maximum absolute atomic E-state index is 11.9. The predicted molar refractivity (Wildman–Crippen MR) is 105 cm³/mol. The molecule has 6 nitrogen and oxygen atoms in total. The number of thiazole rings is 1. The lowest BCUT2D eigenvalue weighted by Crippen LogP contribution is -2.49. The highest BCUT2D eigenvalue weighted by molar-refractivity contribution is 7.22. The van der Waals surface area contributed by atoms with E-state index in [0.29, 0.717) is 12.5 Å². The number of aromatic nitrogens is 1. The van der Waals surface area contributed by atoms with E-state index in [1.54, 1.807) is 11.3 Å². The number of benzene rings is 1. The van der Waals surface area contributed by atoms with Crippen LogP contribution in [-0.4, -0.2) is 42.0 Å². The normalized spacial score (nSPS) is 15.9. The number of carbonyl (C=O) groups excluding carboxylic acids is 2. The number of nitrogens with one attached hydrogen (secondary N) is 2. The van der Waals surface area contributed by atoms with Crippen molar-refractivity contribution in [1.29, 1.82) is 0 Å². The zero-order valence-electron chi connectivity index (χ0n) is 15.5. The van der Waals surface area contributed by atoms with Crippen LogP contribution in [0, 0.1) is 5.92 Å². The smallest absolute Gasteiger partial charge is 0.309 e. The van der Waals surface area contributed by atoms with Gasteiger partial charge in [0.05, 0.1) is 10.2 Å². The Morgan fingerprint density at radius 2 is 1.88 bits per heavy atom. The van der Waals surface area contributed by atoms with E-state index in [9.17, 15) is 9.59 Å². The van der Waals surface area contributed by atoms with Gasteiger partial charge in [-0.2, -0.15) is 0 Å². The van der Waals surface area contributed by atoms with E-state index in [1.807, 2.05) is 39.0 Å². The number of rotatable bonds is 3. The van der Waals surface area contributed by atoms with E-state index in [1.165, 1.54) is 4.70 Å². The molecule has 26 heavy (non-hydrogen) atoms. The van der Waals surface area contributed by atoms with Gasteiger partial charge in [0.25, 0.3) is 0 Å². The number of hydrogen-bond donors (Lipinski definition) is 2. The molecule has 0 radical (unpaired) electrons. The van der Waals surface area contributed by atoms with Gasteiger partial charge in [0, 0.05) is 25.2 Å². The van der Waals surface area contributed by atoms with Gasteiger partial charge in [-0.25, -0.2) is 4.98 Å². The molecule has 2 N–H and O–H groups in total. The van der Waals surface area contributed by atoms with Gasteiger partial charge in [0.15, 0.2) is 5.13 Å². The lowest BCUT2D eigenvalue weighted by Gasteiger charge is -2.31. The molecule has 140 valence electrons. The highest BCUT2D eigenvalue weighted by atomic mass is 32.1. The van der Waals surface area contributed by atoms with Crippen LogP contribution in [0.5, 0.6) is 0 Å². The second-order valence-electron chi connectivity index (χ2n) is 7.81. The number of nitrogens with zero attached hydrogens (tertiary/aromatic N) is 2. The number of fused-ring (bicyclic) bond motifs is 1. The summed E-state index contributed by atoms with van der Waals surface area (Å²) in [7, 11) is 0. The Balaban J connectivity index is 1.46. The molecule has 1 fully saturated rings. The highest BCUT2D eigenvalue weighted by Gasteiger charge is 2.24. The van der Waals surface area contributed by atoms with Crippen LogP contribution < -0.4 is 15.5 Å². The minimum Gasteiger partial charge on any atom is -0.348 e. The van der Waals surface area contributed by atoms with Gasteiger partial charge in [0.1, 0.15) is 0 Å². The molecule has 0 aliphatic carbocycles. The molecule has 1 aliphatic rings. The molecular formula is C19H26N4O2S. The minimum absolute atomic E-state index is 0.395. The monoisotopic (exact) mass is 374 g/mol. The van der Waals surface area contributed by atoms with E-state index in [4.69, 9.17) is 4.98 Å². The predicted octanol–water partition coefficient (Wildman–Crippen LogP) is 2.54. The van der Waals surface area contributed by atoms with Gasteiger partial charge < -0.3 is 15.5 Å². The van der Waals surface area contributed by atoms with Crippen molar-refractivity contribution in [3.05, 3.63) is 24.3 Å². The SMILES string of the molecule is CC(C)(C)NC(=O)C(=O)NCC1CCN(c2nc3ccccc3s2)CC1. The Kier molecular flexibility index (Phi) is 5.46. The second kappa shape index (κ2) is 7.61. The van der Waals surface area contributed by atoms with Crippen molar-refractivity contribution in [2.45, 2.75) is 39.2 Å². The molecule has 0 unspecified atom stereocenters. The fourth-order valence-electron chi connectivity index (χ4n) is 3.04. The quantitative estimate of drug-likeness (QED) is 0.810. The maximum Gasteiger partial charge on any atom is 0.309 e. The zero-order valence-corrected chi connectivity index (χ0v) is 16.4. The van der Waals surface area contributed by atoms with Gasteiger partial charge >= 0.3 is 11.8 Å². The molecule has 1 aromatic carbocycles. The molecule has 7 heteroatoms. The van der Waals surface area contributed by atoms with Crippen LogP contribution in [-0.2, 0) is 9.59 Å². The van der Waals surface area contributed by atoms with Gasteiger partial charge in [0.2, 0.25) is 0 Å². The third kappa shape index (κ3) is 4.72. The van der Waals surface area contributed by atoms with Crippen molar-refractivity contribution in [3.8, 4) is 0 Å². The molecule has 0 bridgehead atoms. The molecule has 0 saturated carbocycles. The Morgan fingerprint density at radius 1 is 1.19 bits per heavy atom. The van der Waals surface area contributed by atoms with E-state index in [2.05, 4.69) is 21.6 Å². The van der Waals surface area contributed by atoms with Crippen LogP contribution in [0.2, 0.25) is 0 Å². The molecule has 2 heterocycles. The third-order valence-corrected chi connectivity index (χ3v) is 5.51. The molecule has 0 spiro atoms. The second-order valence-corrected chi connectivity index (χ2v) is 8.82. The van der Waals surface area contributed by atoms with Crippen LogP contribution in [0.4, 0.5) is 5.13 Å². The first-order valence-electron chi connectivity index (χ1n) is 9.03. The summed E-state index contributed by atoms with van der Waals surface area (Å²) in [6.45, 7) is 7.97. The van der Waals surface area contributed by atoms with Crippen molar-refractivity contribution >= 4 is 38.5 Å². The molecule has 3 rings (SSSR count). The number of anilines is 1. The molecule has 1 saturated heterocycles. The van der Waals surface area contributed by atoms with E-state index in [-0.39, 0.29) is 0 Å². The summed E-state index contributed by atoms with van der Waals surface area (Å²) in [5, 5.41) is 6.52. The van der Waals surface area contributed by atoms with Crippen LogP contribution in [0.15, 0.2) is 24.3 Å². The van der Waals surface area contributed by atoms with Crippen molar-refractivity contribution < 1.29 is 9.59 Å². The number of amides is 2. The highest BCUT2D eigenvalue weighted by Crippen LogP contribution is 2.31. The molecule has 1 aliphatic heterocycles. The number of hydrogen-bond acceptors (Lipinski definition) is 5. The number of carbonyl (C=O) groups is 2. The number of piperidine rings is 1. The fourth-order valence-corrected chi connectivity index (χ4v) is 4.06. The molecular weight excluding hydrogens is 348 g/mol. The molecule has 2 amide bonds. The summed E-state index contributed by atoms with van der Waals surface area (Å²) in [4.78, 5) is 30.8. The third-order valence-electron chi connectivity index (χ3n) is 4.41. The first-order chi connectivity index (χ1) is 12.3. The van der Waals surface area contributed by atoms with E-state index >= 15 is 0 Å². The lowest BCUT2D eigenvalue weighted by atomic mass is 9.97. The molecule has 1 aromatic heterocycles. The molecule has 2 aromatic rings. The van der Waals surface area contributed by atoms with Crippen molar-refractivity contribution in [2.75, 3.05) is 24.5 Å². The average Bonchev–Trinajstić information content (AvgIpc) is 3.02. The Morgan fingerprint density at radius 3 is 2.54 bits per heavy atom. The summed E-state index contributed by atoms with van der Waals surface area (Å²) in [6.07, 6.45) is 1.97. The Hall–Kier alpha value is -2.15. The van der Waals surface area contributed by atoms with Gasteiger partial charge in [-0.3, -0.25) is 9.59 Å². The summed E-state index contributed by atoms with van der Waals surface area (Å²) in [5.41, 5.74) is 0.642.